The molecule has 0 unspecified atom stereocenters. The van der Waals surface area contributed by atoms with E-state index in [1.807, 2.05) is 72.0 Å². The Balaban J connectivity index is 3.45. The van der Waals surface area contributed by atoms with E-state index in [2.05, 4.69) is 31.0 Å². The molecule has 0 fully saturated rings. The monoisotopic (exact) mass is 515 g/mol. The largest absolute Gasteiger partial charge is 0.478 e. The number of carboxylic acids is 1. The molecule has 208 valence electrons. The Morgan fingerprint density at radius 3 is 2.00 bits per heavy atom. The van der Waals surface area contributed by atoms with Crippen LogP contribution >= 0.6 is 0 Å². The number of aliphatic carboxylic acids is 1. The predicted octanol–water partition coefficient (Wildman–Crippen LogP) is 4.72. The van der Waals surface area contributed by atoms with Crippen molar-refractivity contribution < 1.29 is 19.5 Å². The van der Waals surface area contributed by atoms with Crippen LogP contribution in [0.2, 0.25) is 0 Å². The number of carboxylic acid groups (broad SMARTS) is 1. The normalized spacial score (nSPS) is 15.3. The van der Waals surface area contributed by atoms with Gasteiger partial charge in [0.05, 0.1) is 12.1 Å². The van der Waals surface area contributed by atoms with Gasteiger partial charge in [0.15, 0.2) is 0 Å². The van der Waals surface area contributed by atoms with Gasteiger partial charge in [-0.2, -0.15) is 0 Å². The fraction of sp³-hybridized carbons (Fsp3) is 0.633. The van der Waals surface area contributed by atoms with E-state index in [9.17, 15) is 19.5 Å². The van der Waals surface area contributed by atoms with Crippen LogP contribution in [0.5, 0.6) is 0 Å². The molecule has 0 aliphatic rings. The summed E-state index contributed by atoms with van der Waals surface area (Å²) in [5.41, 5.74) is 0.136. The van der Waals surface area contributed by atoms with Crippen molar-refractivity contribution in [3.05, 3.63) is 47.5 Å². The molecule has 2 amide bonds. The maximum atomic E-state index is 14.0. The van der Waals surface area contributed by atoms with Crippen molar-refractivity contribution >= 4 is 17.8 Å². The van der Waals surface area contributed by atoms with Crippen LogP contribution < -0.4 is 5.32 Å². The van der Waals surface area contributed by atoms with Gasteiger partial charge >= 0.3 is 5.97 Å². The molecule has 0 aliphatic carbocycles. The van der Waals surface area contributed by atoms with Crippen LogP contribution in [-0.4, -0.2) is 71.5 Å². The number of likely N-dealkylation sites (N-methyl/N-ethyl adjacent to an activating group) is 2. The second-order valence-electron chi connectivity index (χ2n) is 12.1. The molecule has 0 aromatic heterocycles. The molecular weight excluding hydrogens is 466 g/mol. The number of hydrogen-bond donors (Lipinski definition) is 2. The minimum Gasteiger partial charge on any atom is -0.478 e. The van der Waals surface area contributed by atoms with Crippen LogP contribution in [0.25, 0.3) is 0 Å². The Hall–Kier alpha value is -2.67. The lowest BCUT2D eigenvalue weighted by Gasteiger charge is -2.42. The van der Waals surface area contributed by atoms with Crippen molar-refractivity contribution in [1.82, 2.24) is 15.1 Å². The summed E-state index contributed by atoms with van der Waals surface area (Å²) < 4.78 is 0. The lowest BCUT2D eigenvalue weighted by molar-refractivity contribution is -0.142. The summed E-state index contributed by atoms with van der Waals surface area (Å²) in [5, 5.41) is 12.5. The lowest BCUT2D eigenvalue weighted by Crippen LogP contribution is -2.62. The quantitative estimate of drug-likeness (QED) is 0.393. The van der Waals surface area contributed by atoms with E-state index < -0.39 is 34.9 Å². The molecule has 3 atom stereocenters. The van der Waals surface area contributed by atoms with Crippen molar-refractivity contribution in [2.45, 2.75) is 92.3 Å². The second kappa shape index (κ2) is 13.2. The van der Waals surface area contributed by atoms with Gasteiger partial charge in [0.1, 0.15) is 6.04 Å². The van der Waals surface area contributed by atoms with Crippen molar-refractivity contribution in [2.75, 3.05) is 20.6 Å². The van der Waals surface area contributed by atoms with Crippen LogP contribution in [0.4, 0.5) is 0 Å². The maximum absolute atomic E-state index is 14.0. The smallest absolute Gasteiger partial charge is 0.331 e. The standard InChI is InChI=1S/C30H49N3O4/c1-12-18-32(10)25(30(8,9)22-16-14-13-15-17-22)26(34)31-24(29(5,6)7)27(35)33(11)23(20(2)3)19-21(4)28(36)37/h13-17,19-20,23-25H,12,18H2,1-11H3,(H,31,34)(H,36,37)/b21-19+/t23-,24-,25-/m1/s1. The zero-order valence-corrected chi connectivity index (χ0v) is 24.8. The number of nitrogens with one attached hydrogen (secondary N) is 1. The van der Waals surface area contributed by atoms with Crippen LogP contribution in [0.3, 0.4) is 0 Å². The Morgan fingerprint density at radius 1 is 1.03 bits per heavy atom. The highest BCUT2D eigenvalue weighted by molar-refractivity contribution is 5.91. The van der Waals surface area contributed by atoms with E-state index in [1.165, 1.54) is 6.92 Å². The molecule has 0 saturated heterocycles. The Kier molecular flexibility index (Phi) is 11.6. The predicted molar refractivity (Wildman–Crippen MR) is 150 cm³/mol. The molecular formula is C30H49N3O4. The van der Waals surface area contributed by atoms with Gasteiger partial charge in [-0.1, -0.05) is 91.8 Å². The Bertz CT molecular complexity index is 947. The van der Waals surface area contributed by atoms with E-state index in [1.54, 1.807) is 18.0 Å². The van der Waals surface area contributed by atoms with E-state index in [0.29, 0.717) is 0 Å². The van der Waals surface area contributed by atoms with Gasteiger partial charge in [0.2, 0.25) is 11.8 Å². The van der Waals surface area contributed by atoms with Crippen LogP contribution in [0, 0.1) is 11.3 Å². The molecule has 37 heavy (non-hydrogen) atoms. The fourth-order valence-corrected chi connectivity index (χ4v) is 4.89. The lowest BCUT2D eigenvalue weighted by atomic mass is 9.76. The molecule has 0 spiro atoms. The average Bonchev–Trinajstić information content (AvgIpc) is 2.79. The molecule has 0 heterocycles. The van der Waals surface area contributed by atoms with Gasteiger partial charge in [-0.15, -0.1) is 0 Å². The number of hydrogen-bond acceptors (Lipinski definition) is 4. The van der Waals surface area contributed by atoms with Crippen LogP contribution in [0.1, 0.15) is 74.3 Å². The average molecular weight is 516 g/mol. The van der Waals surface area contributed by atoms with Gasteiger partial charge in [-0.3, -0.25) is 14.5 Å². The number of rotatable bonds is 12. The minimum absolute atomic E-state index is 0.0139. The third-order valence-corrected chi connectivity index (χ3v) is 7.10. The SMILES string of the molecule is CCCN(C)[C@H](C(=O)N[C@H](C(=O)N(C)[C@H](/C=C(\C)C(=O)O)C(C)C)C(C)(C)C)C(C)(C)c1ccccc1. The zero-order valence-electron chi connectivity index (χ0n) is 24.8. The number of carbonyl (C=O) groups is 3. The first-order valence-electron chi connectivity index (χ1n) is 13.2. The molecule has 1 rings (SSSR count). The van der Waals surface area contributed by atoms with E-state index in [4.69, 9.17) is 0 Å². The topological polar surface area (TPSA) is 90.0 Å². The van der Waals surface area contributed by atoms with Gasteiger partial charge in [-0.25, -0.2) is 4.79 Å². The molecule has 2 N–H and O–H groups in total. The molecule has 0 saturated carbocycles. The summed E-state index contributed by atoms with van der Waals surface area (Å²) in [7, 11) is 3.63. The Morgan fingerprint density at radius 2 is 1.57 bits per heavy atom. The number of nitrogens with zero attached hydrogens (tertiary/aromatic N) is 2. The number of benzene rings is 1. The van der Waals surface area contributed by atoms with Crippen molar-refractivity contribution in [3.63, 3.8) is 0 Å². The van der Waals surface area contributed by atoms with Gasteiger partial charge in [0.25, 0.3) is 0 Å². The molecule has 1 aromatic carbocycles. The summed E-state index contributed by atoms with van der Waals surface area (Å²) in [6.07, 6.45) is 2.50. The summed E-state index contributed by atoms with van der Waals surface area (Å²) in [6.45, 7) is 18.1. The number of amides is 2. The van der Waals surface area contributed by atoms with Gasteiger partial charge in [0, 0.05) is 18.0 Å². The fourth-order valence-electron chi connectivity index (χ4n) is 4.89. The molecule has 7 heteroatoms. The highest BCUT2D eigenvalue weighted by Gasteiger charge is 2.43. The summed E-state index contributed by atoms with van der Waals surface area (Å²) in [6, 6.07) is 8.24. The summed E-state index contributed by atoms with van der Waals surface area (Å²) in [4.78, 5) is 43.0. The maximum Gasteiger partial charge on any atom is 0.331 e. The first kappa shape index (κ1) is 32.4. The zero-order chi connectivity index (χ0) is 28.7. The molecule has 7 nitrogen and oxygen atoms in total. The Labute approximate surface area is 224 Å². The number of carbonyl (C=O) groups excluding carboxylic acids is 2. The molecule has 0 bridgehead atoms. The summed E-state index contributed by atoms with van der Waals surface area (Å²) >= 11 is 0. The van der Waals surface area contributed by atoms with Crippen LogP contribution in [-0.2, 0) is 19.8 Å². The van der Waals surface area contributed by atoms with Crippen molar-refractivity contribution in [2.24, 2.45) is 11.3 Å². The van der Waals surface area contributed by atoms with Crippen molar-refractivity contribution in [1.29, 1.82) is 0 Å². The molecule has 0 radical (unpaired) electrons. The summed E-state index contributed by atoms with van der Waals surface area (Å²) in [5.74, 6) is -1.48. The third-order valence-electron chi connectivity index (χ3n) is 7.10. The highest BCUT2D eigenvalue weighted by atomic mass is 16.4. The molecule has 0 aliphatic heterocycles. The first-order valence-corrected chi connectivity index (χ1v) is 13.2. The van der Waals surface area contributed by atoms with Gasteiger partial charge < -0.3 is 15.3 Å². The molecule has 1 aromatic rings. The van der Waals surface area contributed by atoms with Crippen molar-refractivity contribution in [3.8, 4) is 0 Å². The second-order valence-corrected chi connectivity index (χ2v) is 12.1. The van der Waals surface area contributed by atoms with E-state index in [-0.39, 0.29) is 23.3 Å². The highest BCUT2D eigenvalue weighted by Crippen LogP contribution is 2.31. The van der Waals surface area contributed by atoms with E-state index >= 15 is 0 Å². The minimum atomic E-state index is -1.02. The van der Waals surface area contributed by atoms with Crippen LogP contribution in [0.15, 0.2) is 42.0 Å². The third kappa shape index (κ3) is 8.42. The van der Waals surface area contributed by atoms with E-state index in [0.717, 1.165) is 18.5 Å². The van der Waals surface area contributed by atoms with Gasteiger partial charge in [-0.05, 0) is 43.8 Å². The first-order chi connectivity index (χ1) is 17.0.